The van der Waals surface area contributed by atoms with Crippen LogP contribution in [0.5, 0.6) is 0 Å². The van der Waals surface area contributed by atoms with Crippen molar-refractivity contribution < 1.29 is 23.7 Å². The minimum absolute atomic E-state index is 0. The van der Waals surface area contributed by atoms with Crippen LogP contribution in [0.3, 0.4) is 0 Å². The SMILES string of the molecule is O=C1CCCCC[N-]1.[Li+]. The number of amides is 1. The van der Waals surface area contributed by atoms with Crippen LogP contribution in [0.4, 0.5) is 0 Å². The van der Waals surface area contributed by atoms with E-state index in [0.717, 1.165) is 19.4 Å². The van der Waals surface area contributed by atoms with E-state index < -0.39 is 0 Å². The van der Waals surface area contributed by atoms with Crippen molar-refractivity contribution in [1.29, 1.82) is 0 Å². The summed E-state index contributed by atoms with van der Waals surface area (Å²) in [5.41, 5.74) is 0. The second kappa shape index (κ2) is 4.90. The Bertz CT molecular complexity index is 85.1. The summed E-state index contributed by atoms with van der Waals surface area (Å²) < 4.78 is 0. The van der Waals surface area contributed by atoms with Crippen LogP contribution >= 0.6 is 0 Å². The van der Waals surface area contributed by atoms with Gasteiger partial charge in [0.15, 0.2) is 0 Å². The minimum atomic E-state index is 0. The van der Waals surface area contributed by atoms with Crippen molar-refractivity contribution in [2.24, 2.45) is 0 Å². The molecule has 1 saturated heterocycles. The van der Waals surface area contributed by atoms with E-state index in [-0.39, 0.29) is 24.8 Å². The van der Waals surface area contributed by atoms with Crippen LogP contribution in [0.15, 0.2) is 0 Å². The second-order valence-corrected chi connectivity index (χ2v) is 2.09. The molecule has 9 heavy (non-hydrogen) atoms. The topological polar surface area (TPSA) is 31.2 Å². The third-order valence-corrected chi connectivity index (χ3v) is 1.34. The van der Waals surface area contributed by atoms with Gasteiger partial charge in [0.2, 0.25) is 0 Å². The summed E-state index contributed by atoms with van der Waals surface area (Å²) in [5, 5.41) is 3.78. The van der Waals surface area contributed by atoms with E-state index in [4.69, 9.17) is 0 Å². The fourth-order valence-electron chi connectivity index (χ4n) is 0.848. The molecule has 3 heteroatoms. The van der Waals surface area contributed by atoms with E-state index in [1.807, 2.05) is 0 Å². The van der Waals surface area contributed by atoms with E-state index >= 15 is 0 Å². The van der Waals surface area contributed by atoms with Gasteiger partial charge in [0.05, 0.1) is 5.91 Å². The molecule has 1 amide bonds. The van der Waals surface area contributed by atoms with E-state index in [1.54, 1.807) is 0 Å². The van der Waals surface area contributed by atoms with Crippen molar-refractivity contribution in [2.45, 2.75) is 25.7 Å². The molecule has 0 radical (unpaired) electrons. The van der Waals surface area contributed by atoms with Crippen molar-refractivity contribution in [2.75, 3.05) is 6.54 Å². The molecular weight excluding hydrogens is 109 g/mol. The molecule has 0 saturated carbocycles. The molecule has 1 aliphatic heterocycles. The Hall–Kier alpha value is 0.0674. The first-order valence-corrected chi connectivity index (χ1v) is 3.10. The van der Waals surface area contributed by atoms with E-state index in [9.17, 15) is 4.79 Å². The van der Waals surface area contributed by atoms with E-state index in [1.165, 1.54) is 6.42 Å². The quantitative estimate of drug-likeness (QED) is 0.356. The van der Waals surface area contributed by atoms with Gasteiger partial charge in [-0.1, -0.05) is 12.8 Å². The minimum Gasteiger partial charge on any atom is -0.653 e. The molecule has 0 unspecified atom stereocenters. The number of rotatable bonds is 0. The van der Waals surface area contributed by atoms with Crippen LogP contribution in [0.1, 0.15) is 25.7 Å². The zero-order valence-electron chi connectivity index (χ0n) is 5.89. The predicted octanol–water partition coefficient (Wildman–Crippen LogP) is -1.54. The molecule has 1 aliphatic rings. The van der Waals surface area contributed by atoms with Gasteiger partial charge in [0.25, 0.3) is 0 Å². The van der Waals surface area contributed by atoms with Crippen LogP contribution in [0.2, 0.25) is 0 Å². The van der Waals surface area contributed by atoms with Gasteiger partial charge in [-0.2, -0.15) is 0 Å². The summed E-state index contributed by atoms with van der Waals surface area (Å²) in [6, 6.07) is 0. The maximum atomic E-state index is 10.5. The van der Waals surface area contributed by atoms with Crippen LogP contribution < -0.4 is 18.9 Å². The maximum Gasteiger partial charge on any atom is 1.00 e. The monoisotopic (exact) mass is 119 g/mol. The molecule has 0 aromatic rings. The number of hydrogen-bond donors (Lipinski definition) is 0. The van der Waals surface area contributed by atoms with Gasteiger partial charge < -0.3 is 10.1 Å². The standard InChI is InChI=1S/C6H11NO.Li/c8-6-4-2-1-3-5-7-6;/h1-5H2,(H,7,8);/q;+1/p-1. The largest absolute Gasteiger partial charge is 1.00 e. The zero-order chi connectivity index (χ0) is 5.82. The average molecular weight is 119 g/mol. The molecule has 1 heterocycles. The van der Waals surface area contributed by atoms with Crippen LogP contribution in [-0.2, 0) is 4.79 Å². The van der Waals surface area contributed by atoms with Crippen molar-refractivity contribution in [3.63, 3.8) is 0 Å². The molecule has 1 rings (SSSR count). The Morgan fingerprint density at radius 3 is 2.78 bits per heavy atom. The Balaban J connectivity index is 0.000000640. The molecule has 0 spiro atoms. The molecule has 0 bridgehead atoms. The third-order valence-electron chi connectivity index (χ3n) is 1.34. The molecule has 0 atom stereocenters. The van der Waals surface area contributed by atoms with Gasteiger partial charge in [0, 0.05) is 0 Å². The van der Waals surface area contributed by atoms with Crippen molar-refractivity contribution >= 4 is 5.91 Å². The zero-order valence-corrected chi connectivity index (χ0v) is 5.89. The third kappa shape index (κ3) is 3.61. The Labute approximate surface area is 67.6 Å². The summed E-state index contributed by atoms with van der Waals surface area (Å²) in [4.78, 5) is 10.5. The number of carbonyl (C=O) groups is 1. The number of nitrogens with zero attached hydrogens (tertiary/aromatic N) is 1. The maximum absolute atomic E-state index is 10.5. The first-order chi connectivity index (χ1) is 3.89. The summed E-state index contributed by atoms with van der Waals surface area (Å²) in [7, 11) is 0. The molecule has 0 aliphatic carbocycles. The average Bonchev–Trinajstić information content (AvgIpc) is 1.94. The summed E-state index contributed by atoms with van der Waals surface area (Å²) in [6.07, 6.45) is 4.00. The molecule has 0 N–H and O–H groups in total. The number of hydrogen-bond acceptors (Lipinski definition) is 1. The summed E-state index contributed by atoms with van der Waals surface area (Å²) >= 11 is 0. The van der Waals surface area contributed by atoms with Crippen LogP contribution in [-0.4, -0.2) is 12.5 Å². The van der Waals surface area contributed by atoms with E-state index in [2.05, 4.69) is 5.32 Å². The Morgan fingerprint density at radius 2 is 2.00 bits per heavy atom. The molecule has 46 valence electrons. The van der Waals surface area contributed by atoms with Gasteiger partial charge in [-0.05, 0) is 12.8 Å². The van der Waals surface area contributed by atoms with Crippen LogP contribution in [0, 0.1) is 0 Å². The van der Waals surface area contributed by atoms with Crippen LogP contribution in [0.25, 0.3) is 5.32 Å². The normalized spacial score (nSPS) is 19.3. The van der Waals surface area contributed by atoms with E-state index in [0.29, 0.717) is 6.42 Å². The second-order valence-electron chi connectivity index (χ2n) is 2.09. The van der Waals surface area contributed by atoms with Crippen molar-refractivity contribution in [1.82, 2.24) is 0 Å². The van der Waals surface area contributed by atoms with Gasteiger partial charge in [-0.25, -0.2) is 0 Å². The fraction of sp³-hybridized carbons (Fsp3) is 0.833. The van der Waals surface area contributed by atoms with Crippen molar-refractivity contribution in [3.05, 3.63) is 5.32 Å². The Morgan fingerprint density at radius 1 is 1.22 bits per heavy atom. The first-order valence-electron chi connectivity index (χ1n) is 3.10. The molecule has 0 aromatic heterocycles. The summed E-state index contributed by atoms with van der Waals surface area (Å²) in [5.74, 6) is 0.0995. The van der Waals surface area contributed by atoms with Gasteiger partial charge in [-0.3, -0.25) is 0 Å². The molecular formula is C6H10LiNO. The Kier molecular flexibility index (Phi) is 4.94. The molecule has 1 fully saturated rings. The fourth-order valence-corrected chi connectivity index (χ4v) is 0.848. The molecule has 0 aromatic carbocycles. The molecule has 2 nitrogen and oxygen atoms in total. The smallest absolute Gasteiger partial charge is 0.653 e. The summed E-state index contributed by atoms with van der Waals surface area (Å²) in [6.45, 7) is 0.763. The number of carbonyl (C=O) groups excluding carboxylic acids is 1. The first kappa shape index (κ1) is 9.07. The van der Waals surface area contributed by atoms with Gasteiger partial charge >= 0.3 is 18.9 Å². The van der Waals surface area contributed by atoms with Crippen molar-refractivity contribution in [3.8, 4) is 0 Å². The predicted molar refractivity (Wildman–Crippen MR) is 31.7 cm³/mol. The van der Waals surface area contributed by atoms with Gasteiger partial charge in [0.1, 0.15) is 0 Å². The van der Waals surface area contributed by atoms with Gasteiger partial charge in [-0.15, -0.1) is 6.54 Å².